The maximum Gasteiger partial charge on any atom is 0.144 e. The number of methoxy groups -OCH3 is 1. The number of rotatable bonds is 3. The topological polar surface area (TPSA) is 60.2 Å². The van der Waals surface area contributed by atoms with E-state index in [9.17, 15) is 0 Å². The lowest BCUT2D eigenvalue weighted by Gasteiger charge is -2.24. The van der Waals surface area contributed by atoms with E-state index < -0.39 is 0 Å². The summed E-state index contributed by atoms with van der Waals surface area (Å²) in [5.41, 5.74) is 4.96. The van der Waals surface area contributed by atoms with Gasteiger partial charge >= 0.3 is 0 Å². The average Bonchev–Trinajstić information content (AvgIpc) is 2.53. The van der Waals surface area contributed by atoms with Crippen molar-refractivity contribution >= 4 is 16.7 Å². The molecule has 0 saturated heterocycles. The van der Waals surface area contributed by atoms with Gasteiger partial charge in [-0.15, -0.1) is 0 Å². The first-order valence-electron chi connectivity index (χ1n) is 7.27. The highest BCUT2D eigenvalue weighted by Crippen LogP contribution is 2.37. The number of hydrogen-bond acceptors (Lipinski definition) is 4. The van der Waals surface area contributed by atoms with Crippen molar-refractivity contribution in [2.75, 3.05) is 12.5 Å². The molecule has 0 spiro atoms. The average molecular weight is 271 g/mol. The van der Waals surface area contributed by atoms with Gasteiger partial charge in [0.25, 0.3) is 0 Å². The van der Waals surface area contributed by atoms with Crippen LogP contribution in [0.5, 0.6) is 5.75 Å². The lowest BCUT2D eigenvalue weighted by Crippen LogP contribution is -2.14. The molecule has 0 radical (unpaired) electrons. The Balaban J connectivity index is 2.08. The second-order valence-electron chi connectivity index (χ2n) is 5.46. The number of benzene rings is 1. The Morgan fingerprint density at radius 1 is 1.20 bits per heavy atom. The summed E-state index contributed by atoms with van der Waals surface area (Å²) in [6.07, 6.45) is 6.39. The predicted molar refractivity (Wildman–Crippen MR) is 81.9 cm³/mol. The van der Waals surface area contributed by atoms with Crippen LogP contribution in [0.2, 0.25) is 0 Å². The summed E-state index contributed by atoms with van der Waals surface area (Å²) in [5, 5.41) is 1.11. The molecule has 0 amide bonds. The van der Waals surface area contributed by atoms with E-state index in [1.54, 1.807) is 7.11 Å². The monoisotopic (exact) mass is 271 g/mol. The van der Waals surface area contributed by atoms with E-state index in [0.717, 1.165) is 22.5 Å². The van der Waals surface area contributed by atoms with Gasteiger partial charge in [-0.3, -0.25) is 0 Å². The Morgan fingerprint density at radius 2 is 2.00 bits per heavy atom. The summed E-state index contributed by atoms with van der Waals surface area (Å²) in [6.45, 7) is 0. The Hall–Kier alpha value is -1.81. The molecule has 4 nitrogen and oxygen atoms in total. The second kappa shape index (κ2) is 5.67. The number of nitrogen functional groups attached to an aromatic ring is 1. The third-order valence-electron chi connectivity index (χ3n) is 4.23. The van der Waals surface area contributed by atoms with E-state index in [0.29, 0.717) is 5.92 Å². The van der Waals surface area contributed by atoms with Crippen LogP contribution < -0.4 is 16.0 Å². The number of nitrogens with zero attached hydrogens (tertiary/aromatic N) is 1. The van der Waals surface area contributed by atoms with Crippen LogP contribution in [-0.2, 0) is 0 Å². The minimum Gasteiger partial charge on any atom is -0.497 e. The molecule has 1 aromatic heterocycles. The molecule has 0 aliphatic heterocycles. The maximum atomic E-state index is 5.67. The minimum absolute atomic E-state index is 0.568. The molecule has 1 aromatic carbocycles. The molecule has 0 bridgehead atoms. The predicted octanol–water partition coefficient (Wildman–Crippen LogP) is 3.58. The molecule has 1 heterocycles. The molecule has 0 unspecified atom stereocenters. The second-order valence-corrected chi connectivity index (χ2v) is 5.46. The van der Waals surface area contributed by atoms with Crippen molar-refractivity contribution in [2.45, 2.75) is 38.0 Å². The van der Waals surface area contributed by atoms with Crippen molar-refractivity contribution in [1.29, 1.82) is 0 Å². The van der Waals surface area contributed by atoms with Crippen molar-refractivity contribution < 1.29 is 4.74 Å². The fraction of sp³-hybridized carbons (Fsp3) is 0.438. The van der Waals surface area contributed by atoms with Gasteiger partial charge in [0.05, 0.1) is 12.6 Å². The van der Waals surface area contributed by atoms with Crippen LogP contribution in [0.15, 0.2) is 24.3 Å². The molecule has 1 saturated carbocycles. The Kier molecular flexibility index (Phi) is 3.74. The van der Waals surface area contributed by atoms with Gasteiger partial charge in [-0.1, -0.05) is 19.3 Å². The van der Waals surface area contributed by atoms with Gasteiger partial charge in [0.15, 0.2) is 0 Å². The van der Waals surface area contributed by atoms with Gasteiger partial charge in [0.2, 0.25) is 0 Å². The molecule has 20 heavy (non-hydrogen) atoms. The normalized spacial score (nSPS) is 16.3. The van der Waals surface area contributed by atoms with Gasteiger partial charge in [0, 0.05) is 5.39 Å². The Morgan fingerprint density at radius 3 is 2.70 bits per heavy atom. The smallest absolute Gasteiger partial charge is 0.144 e. The van der Waals surface area contributed by atoms with Crippen LogP contribution >= 0.6 is 0 Å². The van der Waals surface area contributed by atoms with E-state index in [1.807, 2.05) is 18.2 Å². The largest absolute Gasteiger partial charge is 0.497 e. The molecular formula is C16H21N3O. The minimum atomic E-state index is 0.568. The third kappa shape index (κ3) is 2.43. The standard InChI is InChI=1S/C16H21N3O/c1-20-13-7-8-15-12(9-13)10-14(16(18-15)19-17)11-5-3-2-4-6-11/h7-11H,2-6,17H2,1H3,(H,18,19). The molecule has 2 aromatic rings. The number of hydrogen-bond donors (Lipinski definition) is 2. The summed E-state index contributed by atoms with van der Waals surface area (Å²) >= 11 is 0. The number of hydrazine groups is 1. The van der Waals surface area contributed by atoms with E-state index in [4.69, 9.17) is 10.6 Å². The zero-order valence-corrected chi connectivity index (χ0v) is 11.9. The van der Waals surface area contributed by atoms with Gasteiger partial charge < -0.3 is 10.2 Å². The molecular weight excluding hydrogens is 250 g/mol. The fourth-order valence-electron chi connectivity index (χ4n) is 3.14. The van der Waals surface area contributed by atoms with E-state index in [-0.39, 0.29) is 0 Å². The summed E-state index contributed by atoms with van der Waals surface area (Å²) in [5.74, 6) is 7.91. The van der Waals surface area contributed by atoms with Crippen LogP contribution in [-0.4, -0.2) is 12.1 Å². The van der Waals surface area contributed by atoms with Crippen LogP contribution in [0, 0.1) is 0 Å². The number of fused-ring (bicyclic) bond motifs is 1. The van der Waals surface area contributed by atoms with Gasteiger partial charge in [-0.05, 0) is 48.6 Å². The maximum absolute atomic E-state index is 5.67. The molecule has 1 fully saturated rings. The van der Waals surface area contributed by atoms with Crippen molar-refractivity contribution in [3.05, 3.63) is 29.8 Å². The fourth-order valence-corrected chi connectivity index (χ4v) is 3.14. The van der Waals surface area contributed by atoms with Gasteiger partial charge in [0.1, 0.15) is 11.6 Å². The van der Waals surface area contributed by atoms with Crippen LogP contribution in [0.25, 0.3) is 10.9 Å². The zero-order valence-electron chi connectivity index (χ0n) is 11.9. The number of anilines is 1. The molecule has 0 atom stereocenters. The van der Waals surface area contributed by atoms with Crippen molar-refractivity contribution in [3.63, 3.8) is 0 Å². The summed E-state index contributed by atoms with van der Waals surface area (Å²) in [4.78, 5) is 4.65. The van der Waals surface area contributed by atoms with Crippen molar-refractivity contribution in [3.8, 4) is 5.75 Å². The Bertz CT molecular complexity index is 606. The molecule has 106 valence electrons. The molecule has 3 N–H and O–H groups in total. The van der Waals surface area contributed by atoms with E-state index in [2.05, 4.69) is 16.5 Å². The van der Waals surface area contributed by atoms with Gasteiger partial charge in [-0.25, -0.2) is 10.8 Å². The number of nitrogens with one attached hydrogen (secondary N) is 1. The number of nitrogens with two attached hydrogens (primary N) is 1. The Labute approximate surface area is 119 Å². The van der Waals surface area contributed by atoms with Crippen molar-refractivity contribution in [1.82, 2.24) is 4.98 Å². The summed E-state index contributed by atoms with van der Waals surface area (Å²) < 4.78 is 5.30. The summed E-state index contributed by atoms with van der Waals surface area (Å²) in [6, 6.07) is 8.15. The van der Waals surface area contributed by atoms with E-state index in [1.165, 1.54) is 37.7 Å². The van der Waals surface area contributed by atoms with Crippen molar-refractivity contribution in [2.24, 2.45) is 5.84 Å². The zero-order chi connectivity index (χ0) is 13.9. The quantitative estimate of drug-likeness (QED) is 0.661. The lowest BCUT2D eigenvalue weighted by molar-refractivity contribution is 0.415. The SMILES string of the molecule is COc1ccc2nc(NN)c(C3CCCCC3)cc2c1. The van der Waals surface area contributed by atoms with Crippen LogP contribution in [0.4, 0.5) is 5.82 Å². The molecule has 3 rings (SSSR count). The third-order valence-corrected chi connectivity index (χ3v) is 4.23. The summed E-state index contributed by atoms with van der Waals surface area (Å²) in [7, 11) is 1.69. The highest BCUT2D eigenvalue weighted by molar-refractivity contribution is 5.83. The molecule has 1 aliphatic carbocycles. The highest BCUT2D eigenvalue weighted by Gasteiger charge is 2.20. The first-order valence-corrected chi connectivity index (χ1v) is 7.27. The number of ether oxygens (including phenoxy) is 1. The molecule has 4 heteroatoms. The first-order chi connectivity index (χ1) is 9.81. The van der Waals surface area contributed by atoms with E-state index >= 15 is 0 Å². The lowest BCUT2D eigenvalue weighted by atomic mass is 9.84. The number of pyridine rings is 1. The van der Waals surface area contributed by atoms with Crippen LogP contribution in [0.1, 0.15) is 43.6 Å². The highest BCUT2D eigenvalue weighted by atomic mass is 16.5. The van der Waals surface area contributed by atoms with Gasteiger partial charge in [-0.2, -0.15) is 0 Å². The first kappa shape index (κ1) is 13.2. The molecule has 1 aliphatic rings. The number of aromatic nitrogens is 1. The van der Waals surface area contributed by atoms with Crippen LogP contribution in [0.3, 0.4) is 0 Å².